The number of carbonyl (C=O) groups is 2. The Balaban J connectivity index is 1.75. The van der Waals surface area contributed by atoms with Gasteiger partial charge in [-0.2, -0.15) is 0 Å². The normalized spacial score (nSPS) is 18.3. The summed E-state index contributed by atoms with van der Waals surface area (Å²) in [6.07, 6.45) is 1.66. The highest BCUT2D eigenvalue weighted by Crippen LogP contribution is 2.36. The van der Waals surface area contributed by atoms with E-state index in [9.17, 15) is 14.4 Å². The lowest BCUT2D eigenvalue weighted by Crippen LogP contribution is -2.40. The number of allylic oxidation sites excluding steroid dienone is 1. The van der Waals surface area contributed by atoms with E-state index in [-0.39, 0.29) is 24.0 Å². The second kappa shape index (κ2) is 9.48. The van der Waals surface area contributed by atoms with Gasteiger partial charge in [0, 0.05) is 17.0 Å². The molecule has 7 nitrogen and oxygen atoms in total. The molecule has 2 aromatic heterocycles. The summed E-state index contributed by atoms with van der Waals surface area (Å²) in [6, 6.07) is 10.5. The lowest BCUT2D eigenvalue weighted by Gasteiger charge is -2.23. The fraction of sp³-hybridized carbons (Fsp3) is 0.259. The summed E-state index contributed by atoms with van der Waals surface area (Å²) in [5, 5.41) is 1.91. The van der Waals surface area contributed by atoms with E-state index in [4.69, 9.17) is 4.74 Å². The predicted octanol–water partition coefficient (Wildman–Crippen LogP) is 3.40. The minimum atomic E-state index is -0.675. The largest absolute Gasteiger partial charge is 0.462 e. The van der Waals surface area contributed by atoms with Crippen LogP contribution >= 0.6 is 22.7 Å². The highest BCUT2D eigenvalue weighted by molar-refractivity contribution is 7.10. The van der Waals surface area contributed by atoms with Crippen molar-refractivity contribution in [2.45, 2.75) is 26.8 Å². The number of para-hydroxylation sites is 1. The number of ether oxygens (including phenoxy) is 1. The first kappa shape index (κ1) is 24.1. The third-order valence-corrected chi connectivity index (χ3v) is 8.02. The van der Waals surface area contributed by atoms with Crippen LogP contribution in [0.2, 0.25) is 0 Å². The van der Waals surface area contributed by atoms with Crippen molar-refractivity contribution in [3.05, 3.63) is 95.8 Å². The first-order valence-corrected chi connectivity index (χ1v) is 13.3. The van der Waals surface area contributed by atoms with Crippen molar-refractivity contribution in [3.63, 3.8) is 0 Å². The fourth-order valence-electron chi connectivity index (χ4n) is 4.48. The fourth-order valence-corrected chi connectivity index (χ4v) is 6.44. The van der Waals surface area contributed by atoms with E-state index in [1.54, 1.807) is 17.9 Å². The molecule has 1 aromatic carbocycles. The molecule has 0 saturated heterocycles. The number of hydrogen-bond acceptors (Lipinski definition) is 7. The van der Waals surface area contributed by atoms with Gasteiger partial charge in [-0.3, -0.25) is 14.2 Å². The molecule has 0 bridgehead atoms. The molecule has 4 heterocycles. The summed E-state index contributed by atoms with van der Waals surface area (Å²) in [5.74, 6) is -0.563. The lowest BCUT2D eigenvalue weighted by molar-refractivity contribution is -0.140. The van der Waals surface area contributed by atoms with Gasteiger partial charge < -0.3 is 9.64 Å². The molecule has 3 aromatic rings. The van der Waals surface area contributed by atoms with Crippen LogP contribution in [0.15, 0.2) is 75.5 Å². The van der Waals surface area contributed by atoms with E-state index in [1.807, 2.05) is 55.6 Å². The minimum Gasteiger partial charge on any atom is -0.462 e. The van der Waals surface area contributed by atoms with Gasteiger partial charge in [-0.1, -0.05) is 55.5 Å². The van der Waals surface area contributed by atoms with Crippen LogP contribution in [0.4, 0.5) is 5.69 Å². The number of benzene rings is 1. The summed E-state index contributed by atoms with van der Waals surface area (Å²) in [6.45, 7) is 10.1. The molecule has 0 fully saturated rings. The monoisotopic (exact) mass is 519 g/mol. The van der Waals surface area contributed by atoms with Gasteiger partial charge in [0.25, 0.3) is 11.5 Å². The standard InChI is InChI=1S/C27H25N3O4S2/c1-5-12-29-18-10-7-6-9-17(18)21(24(29)31)23-25(32)30-22(19-11-8-13-35-19)20(16(4)28-27(30)36-23)26(33)34-14-15(2)3/h5-11,13,15,22H,1,12,14H2,2-4H3/b23-21-. The van der Waals surface area contributed by atoms with Crippen LogP contribution in [0.5, 0.6) is 0 Å². The lowest BCUT2D eigenvalue weighted by atomic mass is 10.0. The Hall–Kier alpha value is -3.56. The smallest absolute Gasteiger partial charge is 0.338 e. The van der Waals surface area contributed by atoms with Crippen molar-refractivity contribution in [2.75, 3.05) is 18.1 Å². The van der Waals surface area contributed by atoms with Crippen LogP contribution in [0.3, 0.4) is 0 Å². The van der Waals surface area contributed by atoms with Crippen molar-refractivity contribution in [1.29, 1.82) is 0 Å². The molecule has 0 radical (unpaired) electrons. The molecule has 36 heavy (non-hydrogen) atoms. The van der Waals surface area contributed by atoms with Crippen LogP contribution in [-0.4, -0.2) is 29.6 Å². The molecule has 1 amide bonds. The van der Waals surface area contributed by atoms with E-state index in [0.717, 1.165) is 10.6 Å². The Labute approximate surface area is 216 Å². The number of amides is 1. The Bertz CT molecular complexity index is 1590. The molecule has 9 heteroatoms. The molecule has 0 N–H and O–H groups in total. The SMILES string of the molecule is C=CCN1C(=O)/C(=c2\sc3n(c2=O)C(c2cccs2)C(C(=O)OCC(C)C)=C(C)N=3)c2ccccc21. The maximum atomic E-state index is 14.0. The Morgan fingerprint density at radius 2 is 2.00 bits per heavy atom. The average molecular weight is 520 g/mol. The summed E-state index contributed by atoms with van der Waals surface area (Å²) in [4.78, 5) is 48.2. The van der Waals surface area contributed by atoms with Crippen molar-refractivity contribution < 1.29 is 14.3 Å². The highest BCUT2D eigenvalue weighted by atomic mass is 32.1. The first-order chi connectivity index (χ1) is 17.3. The van der Waals surface area contributed by atoms with Crippen molar-refractivity contribution in [1.82, 2.24) is 4.57 Å². The van der Waals surface area contributed by atoms with Gasteiger partial charge in [0.15, 0.2) is 4.80 Å². The number of hydrogen-bond donors (Lipinski definition) is 0. The van der Waals surface area contributed by atoms with E-state index in [1.165, 1.54) is 27.2 Å². The topological polar surface area (TPSA) is 81.0 Å². The van der Waals surface area contributed by atoms with Crippen LogP contribution < -0.4 is 19.8 Å². The molecule has 0 spiro atoms. The zero-order chi connectivity index (χ0) is 25.6. The van der Waals surface area contributed by atoms with E-state index in [0.29, 0.717) is 38.3 Å². The van der Waals surface area contributed by atoms with Gasteiger partial charge in [0.2, 0.25) is 0 Å². The van der Waals surface area contributed by atoms with E-state index < -0.39 is 12.0 Å². The number of esters is 1. The van der Waals surface area contributed by atoms with Crippen LogP contribution in [0.25, 0.3) is 5.57 Å². The summed E-state index contributed by atoms with van der Waals surface area (Å²) in [5.41, 5.74) is 2.30. The molecule has 0 saturated carbocycles. The summed E-state index contributed by atoms with van der Waals surface area (Å²) < 4.78 is 7.41. The molecular weight excluding hydrogens is 494 g/mol. The quantitative estimate of drug-likeness (QED) is 0.369. The van der Waals surface area contributed by atoms with Gasteiger partial charge >= 0.3 is 5.97 Å². The second-order valence-corrected chi connectivity index (χ2v) is 11.0. The van der Waals surface area contributed by atoms with Crippen molar-refractivity contribution in [2.24, 2.45) is 10.9 Å². The molecule has 2 aliphatic rings. The number of anilines is 1. The predicted molar refractivity (Wildman–Crippen MR) is 142 cm³/mol. The second-order valence-electron chi connectivity index (χ2n) is 9.01. The van der Waals surface area contributed by atoms with Crippen LogP contribution in [0.1, 0.15) is 37.3 Å². The summed E-state index contributed by atoms with van der Waals surface area (Å²) in [7, 11) is 0. The zero-order valence-corrected chi connectivity index (χ0v) is 21.8. The Morgan fingerprint density at radius 1 is 1.22 bits per heavy atom. The van der Waals surface area contributed by atoms with Gasteiger partial charge in [0.1, 0.15) is 10.6 Å². The zero-order valence-electron chi connectivity index (χ0n) is 20.2. The minimum absolute atomic E-state index is 0.171. The number of rotatable bonds is 6. The number of carbonyl (C=O) groups excluding carboxylic acids is 2. The molecule has 1 unspecified atom stereocenters. The average Bonchev–Trinajstić information content (AvgIpc) is 3.55. The number of nitrogens with zero attached hydrogens (tertiary/aromatic N) is 3. The van der Waals surface area contributed by atoms with Crippen molar-refractivity contribution in [3.8, 4) is 0 Å². The summed E-state index contributed by atoms with van der Waals surface area (Å²) >= 11 is 2.63. The number of thiazole rings is 1. The van der Waals surface area contributed by atoms with Crippen molar-refractivity contribution >= 4 is 45.8 Å². The number of fused-ring (bicyclic) bond motifs is 2. The molecule has 2 aliphatic heterocycles. The van der Waals surface area contributed by atoms with E-state index in [2.05, 4.69) is 11.6 Å². The third kappa shape index (κ3) is 3.88. The molecule has 1 atom stereocenters. The van der Waals surface area contributed by atoms with Crippen LogP contribution in [-0.2, 0) is 14.3 Å². The van der Waals surface area contributed by atoms with Crippen LogP contribution in [0, 0.1) is 5.92 Å². The Morgan fingerprint density at radius 3 is 2.69 bits per heavy atom. The first-order valence-electron chi connectivity index (χ1n) is 11.6. The van der Waals surface area contributed by atoms with Gasteiger partial charge in [-0.15, -0.1) is 17.9 Å². The molecule has 184 valence electrons. The number of thiophene rings is 1. The maximum Gasteiger partial charge on any atom is 0.338 e. The Kier molecular flexibility index (Phi) is 6.36. The third-order valence-electron chi connectivity index (χ3n) is 6.04. The molecular formula is C27H25N3O4S2. The van der Waals surface area contributed by atoms with E-state index >= 15 is 0 Å². The van der Waals surface area contributed by atoms with Gasteiger partial charge in [0.05, 0.1) is 29.1 Å². The number of aromatic nitrogens is 1. The molecule has 0 aliphatic carbocycles. The van der Waals surface area contributed by atoms with Gasteiger partial charge in [-0.05, 0) is 30.4 Å². The van der Waals surface area contributed by atoms with Gasteiger partial charge in [-0.25, -0.2) is 9.79 Å². The maximum absolute atomic E-state index is 14.0. The molecule has 5 rings (SSSR count). The highest BCUT2D eigenvalue weighted by Gasteiger charge is 2.37.